The molecule has 19 heavy (non-hydrogen) atoms. The van der Waals surface area contributed by atoms with Crippen molar-refractivity contribution < 1.29 is 4.74 Å². The van der Waals surface area contributed by atoms with Gasteiger partial charge in [0, 0.05) is 12.6 Å². The van der Waals surface area contributed by atoms with E-state index in [0.717, 1.165) is 48.4 Å². The van der Waals surface area contributed by atoms with Crippen LogP contribution in [0.3, 0.4) is 0 Å². The van der Waals surface area contributed by atoms with Crippen molar-refractivity contribution in [2.75, 3.05) is 7.11 Å². The fourth-order valence-corrected chi connectivity index (χ4v) is 2.27. The van der Waals surface area contributed by atoms with E-state index in [4.69, 9.17) is 15.5 Å². The first-order valence-corrected chi connectivity index (χ1v) is 7.01. The van der Waals surface area contributed by atoms with Crippen LogP contribution in [0.2, 0.25) is 0 Å². The van der Waals surface area contributed by atoms with Crippen LogP contribution < -0.4 is 10.5 Å². The average molecular weight is 261 g/mol. The fraction of sp³-hybridized carbons (Fsp3) is 0.533. The van der Waals surface area contributed by atoms with Crippen LogP contribution in [-0.4, -0.2) is 16.7 Å². The fourth-order valence-electron chi connectivity index (χ4n) is 2.27. The summed E-state index contributed by atoms with van der Waals surface area (Å²) in [6.07, 6.45) is 3.20. The number of nitrogens with two attached hydrogens (primary N) is 1. The molecule has 0 saturated carbocycles. The highest BCUT2D eigenvalue weighted by Crippen LogP contribution is 2.25. The van der Waals surface area contributed by atoms with Gasteiger partial charge in [0.05, 0.1) is 24.2 Å². The van der Waals surface area contributed by atoms with E-state index in [1.807, 2.05) is 12.1 Å². The Hall–Kier alpha value is -1.55. The zero-order chi connectivity index (χ0) is 13.8. The summed E-state index contributed by atoms with van der Waals surface area (Å²) >= 11 is 0. The van der Waals surface area contributed by atoms with Gasteiger partial charge in [0.2, 0.25) is 0 Å². The van der Waals surface area contributed by atoms with Crippen LogP contribution in [0.4, 0.5) is 0 Å². The number of fused-ring (bicyclic) bond motifs is 1. The monoisotopic (exact) mass is 261 g/mol. The number of ether oxygens (including phenoxy) is 1. The van der Waals surface area contributed by atoms with Gasteiger partial charge in [-0.25, -0.2) is 4.98 Å². The van der Waals surface area contributed by atoms with E-state index >= 15 is 0 Å². The summed E-state index contributed by atoms with van der Waals surface area (Å²) in [5.41, 5.74) is 8.30. The quantitative estimate of drug-likeness (QED) is 0.868. The molecule has 0 aliphatic heterocycles. The largest absolute Gasteiger partial charge is 0.497 e. The van der Waals surface area contributed by atoms with Gasteiger partial charge >= 0.3 is 0 Å². The summed E-state index contributed by atoms with van der Waals surface area (Å²) in [5, 5.41) is 0. The van der Waals surface area contributed by atoms with E-state index in [2.05, 4.69) is 24.5 Å². The van der Waals surface area contributed by atoms with E-state index in [1.54, 1.807) is 7.11 Å². The van der Waals surface area contributed by atoms with Gasteiger partial charge in [0.25, 0.3) is 0 Å². The van der Waals surface area contributed by atoms with Gasteiger partial charge in [-0.15, -0.1) is 0 Å². The van der Waals surface area contributed by atoms with Crippen LogP contribution in [0.1, 0.15) is 45.0 Å². The highest BCUT2D eigenvalue weighted by molar-refractivity contribution is 5.78. The minimum atomic E-state index is -0.00440. The van der Waals surface area contributed by atoms with E-state index < -0.39 is 0 Å². The predicted octanol–water partition coefficient (Wildman–Crippen LogP) is 3.25. The molecule has 0 amide bonds. The molecule has 0 radical (unpaired) electrons. The Morgan fingerprint density at radius 1 is 1.37 bits per heavy atom. The summed E-state index contributed by atoms with van der Waals surface area (Å²) in [6.45, 7) is 5.26. The Bertz CT molecular complexity index is 548. The number of aromatic nitrogens is 2. The van der Waals surface area contributed by atoms with Gasteiger partial charge in [0.1, 0.15) is 11.6 Å². The number of imidazole rings is 1. The molecule has 4 nitrogen and oxygen atoms in total. The van der Waals surface area contributed by atoms with Gasteiger partial charge in [-0.1, -0.05) is 20.3 Å². The lowest BCUT2D eigenvalue weighted by atomic mass is 10.2. The van der Waals surface area contributed by atoms with Gasteiger partial charge in [-0.3, -0.25) is 0 Å². The highest BCUT2D eigenvalue weighted by Gasteiger charge is 2.15. The SMILES string of the molecule is CCCCn1c(C(N)CC)nc2cc(OC)ccc21. The summed E-state index contributed by atoms with van der Waals surface area (Å²) in [4.78, 5) is 4.70. The van der Waals surface area contributed by atoms with Crippen LogP contribution in [0.15, 0.2) is 18.2 Å². The maximum Gasteiger partial charge on any atom is 0.126 e. The van der Waals surface area contributed by atoms with Crippen molar-refractivity contribution in [3.63, 3.8) is 0 Å². The number of nitrogens with zero attached hydrogens (tertiary/aromatic N) is 2. The first-order valence-electron chi connectivity index (χ1n) is 7.01. The lowest BCUT2D eigenvalue weighted by molar-refractivity contribution is 0.415. The van der Waals surface area contributed by atoms with Crippen LogP contribution in [0.5, 0.6) is 5.75 Å². The number of unbranched alkanes of at least 4 members (excludes halogenated alkanes) is 1. The maximum atomic E-state index is 6.19. The average Bonchev–Trinajstić information content (AvgIpc) is 2.81. The number of benzene rings is 1. The zero-order valence-corrected chi connectivity index (χ0v) is 12.0. The van der Waals surface area contributed by atoms with Crippen molar-refractivity contribution >= 4 is 11.0 Å². The normalized spacial score (nSPS) is 12.8. The van der Waals surface area contributed by atoms with Gasteiger partial charge in [-0.2, -0.15) is 0 Å². The van der Waals surface area contributed by atoms with Crippen molar-refractivity contribution in [1.29, 1.82) is 0 Å². The smallest absolute Gasteiger partial charge is 0.126 e. The molecule has 0 aliphatic rings. The molecule has 0 saturated heterocycles. The third-order valence-electron chi connectivity index (χ3n) is 3.49. The molecule has 0 fully saturated rings. The second kappa shape index (κ2) is 6.06. The zero-order valence-electron chi connectivity index (χ0n) is 12.0. The summed E-state index contributed by atoms with van der Waals surface area (Å²) in [6, 6.07) is 6.02. The molecular weight excluding hydrogens is 238 g/mol. The standard InChI is InChI=1S/C15H23N3O/c1-4-6-9-18-14-8-7-11(19-3)10-13(14)17-15(18)12(16)5-2/h7-8,10,12H,4-6,9,16H2,1-3H3. The number of methoxy groups -OCH3 is 1. The molecule has 0 spiro atoms. The molecule has 0 aliphatic carbocycles. The molecule has 0 bridgehead atoms. The molecule has 2 rings (SSSR count). The van der Waals surface area contributed by atoms with E-state index in [1.165, 1.54) is 0 Å². The molecule has 1 heterocycles. The van der Waals surface area contributed by atoms with Gasteiger partial charge in [-0.05, 0) is 25.0 Å². The van der Waals surface area contributed by atoms with Gasteiger partial charge in [0.15, 0.2) is 0 Å². The highest BCUT2D eigenvalue weighted by atomic mass is 16.5. The third kappa shape index (κ3) is 2.73. The Morgan fingerprint density at radius 2 is 2.16 bits per heavy atom. The molecule has 1 aromatic carbocycles. The number of rotatable bonds is 6. The molecular formula is C15H23N3O. The topological polar surface area (TPSA) is 53.1 Å². The van der Waals surface area contributed by atoms with Crippen molar-refractivity contribution in [2.45, 2.75) is 45.7 Å². The Kier molecular flexibility index (Phi) is 4.43. The molecule has 1 atom stereocenters. The molecule has 2 aromatic rings. The Morgan fingerprint density at radius 3 is 2.79 bits per heavy atom. The van der Waals surface area contributed by atoms with Crippen LogP contribution in [-0.2, 0) is 6.54 Å². The minimum absolute atomic E-state index is 0.00440. The minimum Gasteiger partial charge on any atom is -0.497 e. The third-order valence-corrected chi connectivity index (χ3v) is 3.49. The van der Waals surface area contributed by atoms with E-state index in [0.29, 0.717) is 0 Å². The number of hydrogen-bond donors (Lipinski definition) is 1. The predicted molar refractivity (Wildman–Crippen MR) is 78.4 cm³/mol. The van der Waals surface area contributed by atoms with Crippen molar-refractivity contribution in [1.82, 2.24) is 9.55 Å². The van der Waals surface area contributed by atoms with E-state index in [9.17, 15) is 0 Å². The van der Waals surface area contributed by atoms with Crippen molar-refractivity contribution in [2.24, 2.45) is 5.73 Å². The maximum absolute atomic E-state index is 6.19. The van der Waals surface area contributed by atoms with Crippen molar-refractivity contribution in [3.05, 3.63) is 24.0 Å². The lowest BCUT2D eigenvalue weighted by Gasteiger charge is -2.12. The van der Waals surface area contributed by atoms with Crippen LogP contribution in [0.25, 0.3) is 11.0 Å². The summed E-state index contributed by atoms with van der Waals surface area (Å²) in [5.74, 6) is 1.82. The Labute approximate surface area is 114 Å². The molecule has 104 valence electrons. The lowest BCUT2D eigenvalue weighted by Crippen LogP contribution is -2.16. The summed E-state index contributed by atoms with van der Waals surface area (Å²) in [7, 11) is 1.67. The Balaban J connectivity index is 2.51. The van der Waals surface area contributed by atoms with Crippen LogP contribution >= 0.6 is 0 Å². The molecule has 4 heteroatoms. The van der Waals surface area contributed by atoms with E-state index in [-0.39, 0.29) is 6.04 Å². The van der Waals surface area contributed by atoms with Crippen molar-refractivity contribution in [3.8, 4) is 5.75 Å². The molecule has 1 aromatic heterocycles. The van der Waals surface area contributed by atoms with Gasteiger partial charge < -0.3 is 15.0 Å². The molecule has 1 unspecified atom stereocenters. The first-order chi connectivity index (χ1) is 9.21. The number of hydrogen-bond acceptors (Lipinski definition) is 3. The first kappa shape index (κ1) is 13.9. The number of aryl methyl sites for hydroxylation is 1. The second-order valence-electron chi connectivity index (χ2n) is 4.84. The molecule has 2 N–H and O–H groups in total. The second-order valence-corrected chi connectivity index (χ2v) is 4.84. The summed E-state index contributed by atoms with van der Waals surface area (Å²) < 4.78 is 7.52. The van der Waals surface area contributed by atoms with Crippen LogP contribution in [0, 0.1) is 0 Å².